The van der Waals surface area contributed by atoms with Crippen LogP contribution in [0, 0.1) is 0 Å². The molecular formula is C18H25N3O3S. The molecule has 0 bridgehead atoms. The molecule has 2 rings (SSSR count). The molecule has 0 spiro atoms. The van der Waals surface area contributed by atoms with Crippen molar-refractivity contribution in [2.45, 2.75) is 50.8 Å². The van der Waals surface area contributed by atoms with E-state index in [1.54, 1.807) is 25.2 Å². The lowest BCUT2D eigenvalue weighted by atomic mass is 9.92. The first-order valence-corrected chi connectivity index (χ1v) is 9.73. The summed E-state index contributed by atoms with van der Waals surface area (Å²) in [5, 5.41) is 4.30. The van der Waals surface area contributed by atoms with Gasteiger partial charge in [0.25, 0.3) is 15.9 Å². The Labute approximate surface area is 149 Å². The first-order chi connectivity index (χ1) is 11.5. The van der Waals surface area contributed by atoms with Crippen LogP contribution in [0.4, 0.5) is 0 Å². The van der Waals surface area contributed by atoms with Crippen LogP contribution in [-0.4, -0.2) is 24.1 Å². The molecule has 0 saturated carbocycles. The van der Waals surface area contributed by atoms with E-state index >= 15 is 0 Å². The quantitative estimate of drug-likeness (QED) is 0.886. The van der Waals surface area contributed by atoms with E-state index in [4.69, 9.17) is 0 Å². The summed E-state index contributed by atoms with van der Waals surface area (Å²) in [6.07, 6.45) is 1.87. The summed E-state index contributed by atoms with van der Waals surface area (Å²) in [5.74, 6) is -0.692. The van der Waals surface area contributed by atoms with Gasteiger partial charge < -0.3 is 0 Å². The molecule has 0 radical (unpaired) electrons. The van der Waals surface area contributed by atoms with E-state index in [1.807, 2.05) is 20.8 Å². The Morgan fingerprint density at radius 2 is 1.80 bits per heavy atom. The van der Waals surface area contributed by atoms with Crippen LogP contribution in [0.15, 0.2) is 35.2 Å². The van der Waals surface area contributed by atoms with E-state index < -0.39 is 15.9 Å². The number of nitrogens with one attached hydrogen (secondary N) is 1. The molecule has 0 aliphatic heterocycles. The number of hydrogen-bond donors (Lipinski definition) is 1. The zero-order valence-corrected chi connectivity index (χ0v) is 16.1. The third-order valence-corrected chi connectivity index (χ3v) is 5.23. The van der Waals surface area contributed by atoms with Crippen LogP contribution in [0.25, 0.3) is 0 Å². The van der Waals surface area contributed by atoms with Gasteiger partial charge in [-0.05, 0) is 30.2 Å². The van der Waals surface area contributed by atoms with Gasteiger partial charge in [-0.15, -0.1) is 0 Å². The number of amides is 1. The number of nitrogens with zero attached hydrogens (tertiary/aromatic N) is 2. The predicted molar refractivity (Wildman–Crippen MR) is 97.0 cm³/mol. The van der Waals surface area contributed by atoms with Gasteiger partial charge in [-0.1, -0.05) is 46.2 Å². The molecule has 2 aromatic rings. The molecule has 1 heterocycles. The van der Waals surface area contributed by atoms with Crippen LogP contribution >= 0.6 is 0 Å². The Morgan fingerprint density at radius 1 is 1.20 bits per heavy atom. The van der Waals surface area contributed by atoms with Crippen molar-refractivity contribution in [1.29, 1.82) is 0 Å². The fraction of sp³-hybridized carbons (Fsp3) is 0.444. The van der Waals surface area contributed by atoms with Crippen LogP contribution in [0.5, 0.6) is 0 Å². The van der Waals surface area contributed by atoms with E-state index in [9.17, 15) is 13.2 Å². The van der Waals surface area contributed by atoms with Gasteiger partial charge in [-0.2, -0.15) is 5.10 Å². The van der Waals surface area contributed by atoms with Crippen molar-refractivity contribution in [3.63, 3.8) is 0 Å². The Morgan fingerprint density at radius 3 is 2.28 bits per heavy atom. The largest absolute Gasteiger partial charge is 0.283 e. The number of hydrogen-bond acceptors (Lipinski definition) is 4. The lowest BCUT2D eigenvalue weighted by Crippen LogP contribution is -2.31. The maximum absolute atomic E-state index is 12.4. The molecule has 0 atom stereocenters. The number of aromatic nitrogens is 2. The fourth-order valence-corrected chi connectivity index (χ4v) is 3.36. The summed E-state index contributed by atoms with van der Waals surface area (Å²) in [7, 11) is -2.30. The Hall–Kier alpha value is -2.15. The summed E-state index contributed by atoms with van der Waals surface area (Å²) in [6, 6.07) is 8.19. The van der Waals surface area contributed by atoms with Crippen molar-refractivity contribution in [2.75, 3.05) is 0 Å². The number of carbonyl (C=O) groups is 1. The van der Waals surface area contributed by atoms with E-state index in [-0.39, 0.29) is 16.0 Å². The summed E-state index contributed by atoms with van der Waals surface area (Å²) in [5.41, 5.74) is 1.76. The van der Waals surface area contributed by atoms with Gasteiger partial charge in [0.05, 0.1) is 10.6 Å². The van der Waals surface area contributed by atoms with E-state index in [0.717, 1.165) is 24.1 Å². The number of carbonyl (C=O) groups excluding carboxylic acids is 1. The predicted octanol–water partition coefficient (Wildman–Crippen LogP) is 2.79. The Bertz CT molecular complexity index is 860. The second-order valence-electron chi connectivity index (χ2n) is 7.12. The third kappa shape index (κ3) is 4.48. The van der Waals surface area contributed by atoms with Crippen LogP contribution in [0.2, 0.25) is 0 Å². The number of aryl methyl sites for hydroxylation is 2. The Kier molecular flexibility index (Phi) is 5.37. The average Bonchev–Trinajstić information content (AvgIpc) is 2.90. The molecule has 0 aliphatic carbocycles. The molecule has 1 amide bonds. The second kappa shape index (κ2) is 7.00. The molecule has 136 valence electrons. The van der Waals surface area contributed by atoms with Gasteiger partial charge in [-0.25, -0.2) is 13.1 Å². The summed E-state index contributed by atoms with van der Waals surface area (Å²) >= 11 is 0. The lowest BCUT2D eigenvalue weighted by molar-refractivity contribution is 0.0972. The van der Waals surface area contributed by atoms with E-state index in [1.165, 1.54) is 16.8 Å². The highest BCUT2D eigenvalue weighted by molar-refractivity contribution is 7.90. The van der Waals surface area contributed by atoms with Gasteiger partial charge >= 0.3 is 0 Å². The summed E-state index contributed by atoms with van der Waals surface area (Å²) in [6.45, 7) is 7.99. The number of sulfonamides is 1. The van der Waals surface area contributed by atoms with Gasteiger partial charge in [0, 0.05) is 12.5 Å². The highest BCUT2D eigenvalue weighted by Gasteiger charge is 2.25. The third-order valence-electron chi connectivity index (χ3n) is 3.88. The van der Waals surface area contributed by atoms with Crippen LogP contribution in [-0.2, 0) is 28.9 Å². The van der Waals surface area contributed by atoms with Crippen molar-refractivity contribution in [3.05, 3.63) is 47.3 Å². The highest BCUT2D eigenvalue weighted by Crippen LogP contribution is 2.21. The maximum Gasteiger partial charge on any atom is 0.283 e. The van der Waals surface area contributed by atoms with Crippen molar-refractivity contribution in [2.24, 2.45) is 7.05 Å². The van der Waals surface area contributed by atoms with Crippen LogP contribution < -0.4 is 4.72 Å². The minimum absolute atomic E-state index is 0.0684. The molecule has 0 fully saturated rings. The molecular weight excluding hydrogens is 338 g/mol. The topological polar surface area (TPSA) is 81.1 Å². The van der Waals surface area contributed by atoms with Crippen molar-refractivity contribution in [3.8, 4) is 0 Å². The molecule has 7 heteroatoms. The lowest BCUT2D eigenvalue weighted by Gasteiger charge is -2.13. The van der Waals surface area contributed by atoms with Crippen molar-refractivity contribution in [1.82, 2.24) is 14.5 Å². The molecule has 6 nitrogen and oxygen atoms in total. The molecule has 1 aromatic heterocycles. The maximum atomic E-state index is 12.4. The van der Waals surface area contributed by atoms with Gasteiger partial charge in [0.15, 0.2) is 0 Å². The van der Waals surface area contributed by atoms with Gasteiger partial charge in [0.1, 0.15) is 5.69 Å². The minimum Gasteiger partial charge on any atom is -0.266 e. The molecule has 0 saturated heterocycles. The average molecular weight is 363 g/mol. The molecule has 0 unspecified atom stereocenters. The second-order valence-corrected chi connectivity index (χ2v) is 8.80. The standard InChI is InChI=1S/C18H25N3O3S/c1-6-7-13-8-10-14(11-9-13)25(23,24)20-17(22)15-12-16(18(2,3)4)19-21(15)5/h8-12H,6-7H2,1-5H3,(H,20,22). The summed E-state index contributed by atoms with van der Waals surface area (Å²) in [4.78, 5) is 12.5. The van der Waals surface area contributed by atoms with Crippen molar-refractivity contribution >= 4 is 15.9 Å². The molecule has 1 aromatic carbocycles. The highest BCUT2D eigenvalue weighted by atomic mass is 32.2. The number of benzene rings is 1. The SMILES string of the molecule is CCCc1ccc(S(=O)(=O)NC(=O)c2cc(C(C)(C)C)nn2C)cc1. The van der Waals surface area contributed by atoms with E-state index in [2.05, 4.69) is 16.7 Å². The number of rotatable bonds is 5. The fourth-order valence-electron chi connectivity index (χ4n) is 2.40. The monoisotopic (exact) mass is 363 g/mol. The van der Waals surface area contributed by atoms with E-state index in [0.29, 0.717) is 0 Å². The zero-order chi connectivity index (χ0) is 18.8. The van der Waals surface area contributed by atoms with Crippen LogP contribution in [0.3, 0.4) is 0 Å². The smallest absolute Gasteiger partial charge is 0.266 e. The van der Waals surface area contributed by atoms with Crippen LogP contribution in [0.1, 0.15) is 55.9 Å². The molecule has 0 aliphatic rings. The van der Waals surface area contributed by atoms with Crippen molar-refractivity contribution < 1.29 is 13.2 Å². The first kappa shape index (κ1) is 19.2. The molecule has 1 N–H and O–H groups in total. The van der Waals surface area contributed by atoms with Gasteiger partial charge in [-0.3, -0.25) is 9.48 Å². The normalized spacial score (nSPS) is 12.2. The Balaban J connectivity index is 2.23. The first-order valence-electron chi connectivity index (χ1n) is 8.25. The minimum atomic E-state index is -3.92. The van der Waals surface area contributed by atoms with Gasteiger partial charge in [0.2, 0.25) is 0 Å². The summed E-state index contributed by atoms with van der Waals surface area (Å²) < 4.78 is 28.4. The molecule has 25 heavy (non-hydrogen) atoms. The zero-order valence-electron chi connectivity index (χ0n) is 15.3.